The third kappa shape index (κ3) is 3.78. The Morgan fingerprint density at radius 2 is 1.84 bits per heavy atom. The number of nitrogens with one attached hydrogen (secondary N) is 1. The lowest BCUT2D eigenvalue weighted by molar-refractivity contribution is -0.384. The fourth-order valence-corrected chi connectivity index (χ4v) is 3.16. The number of fused-ring (bicyclic) bond motifs is 1. The van der Waals surface area contributed by atoms with Crippen molar-refractivity contribution >= 4 is 41.2 Å². The second kappa shape index (κ2) is 8.29. The number of furan rings is 1. The molecule has 2 aromatic rings. The standard InChI is InChI=1S/C19H16N4O9/c1-3-31-19(28)13-8(2)32-16(14(13)15(20)25)21-12(24)7-22-17(26)10-5-4-9(23(29)30)6-11(10)18(22)27/h4-6H,3,7H2,1-2H3,(H2,20,25)(H,21,24). The molecule has 3 N–H and O–H groups in total. The number of nitro benzene ring substituents is 1. The number of carbonyl (C=O) groups excluding carboxylic acids is 5. The maximum Gasteiger partial charge on any atom is 0.342 e. The van der Waals surface area contributed by atoms with Crippen LogP contribution >= 0.6 is 0 Å². The summed E-state index contributed by atoms with van der Waals surface area (Å²) in [6.07, 6.45) is 0. The van der Waals surface area contributed by atoms with Crippen molar-refractivity contribution in [2.24, 2.45) is 5.73 Å². The van der Waals surface area contributed by atoms with Crippen LogP contribution in [0.15, 0.2) is 22.6 Å². The largest absolute Gasteiger partial charge is 0.462 e. The zero-order valence-corrected chi connectivity index (χ0v) is 16.8. The van der Waals surface area contributed by atoms with E-state index in [1.165, 1.54) is 6.92 Å². The van der Waals surface area contributed by atoms with Crippen LogP contribution in [0.25, 0.3) is 0 Å². The van der Waals surface area contributed by atoms with Crippen LogP contribution in [0.4, 0.5) is 11.6 Å². The zero-order chi connectivity index (χ0) is 23.7. The summed E-state index contributed by atoms with van der Waals surface area (Å²) in [4.78, 5) is 72.2. The van der Waals surface area contributed by atoms with E-state index in [1.807, 2.05) is 0 Å². The topological polar surface area (TPSA) is 192 Å². The van der Waals surface area contributed by atoms with Gasteiger partial charge in [-0.3, -0.25) is 39.5 Å². The number of imide groups is 1. The molecule has 0 radical (unpaired) electrons. The minimum Gasteiger partial charge on any atom is -0.462 e. The lowest BCUT2D eigenvalue weighted by atomic mass is 10.1. The van der Waals surface area contributed by atoms with E-state index >= 15 is 0 Å². The van der Waals surface area contributed by atoms with Crippen LogP contribution < -0.4 is 11.1 Å². The first kappa shape index (κ1) is 22.1. The number of nitrogens with two attached hydrogens (primary N) is 1. The summed E-state index contributed by atoms with van der Waals surface area (Å²) in [5, 5.41) is 13.1. The quantitative estimate of drug-likeness (QED) is 0.271. The monoisotopic (exact) mass is 444 g/mol. The predicted molar refractivity (Wildman–Crippen MR) is 105 cm³/mol. The van der Waals surface area contributed by atoms with E-state index < -0.39 is 52.5 Å². The minimum atomic E-state index is -1.08. The second-order valence-electron chi connectivity index (χ2n) is 6.55. The smallest absolute Gasteiger partial charge is 0.342 e. The molecular formula is C19H16N4O9. The number of aryl methyl sites for hydroxylation is 1. The molecule has 0 fully saturated rings. The van der Waals surface area contributed by atoms with Crippen molar-refractivity contribution in [3.8, 4) is 0 Å². The summed E-state index contributed by atoms with van der Waals surface area (Å²) in [5.74, 6) is -5.12. The van der Waals surface area contributed by atoms with Gasteiger partial charge in [-0.05, 0) is 19.9 Å². The number of ether oxygens (including phenoxy) is 1. The maximum absolute atomic E-state index is 12.5. The Labute approximate surface area is 179 Å². The van der Waals surface area contributed by atoms with Gasteiger partial charge in [0, 0.05) is 12.1 Å². The number of nitro groups is 1. The molecule has 0 bridgehead atoms. The van der Waals surface area contributed by atoms with Gasteiger partial charge in [0.15, 0.2) is 0 Å². The SMILES string of the molecule is CCOC(=O)c1c(C)oc(NC(=O)CN2C(=O)c3ccc([N+](=O)[O-])cc3C2=O)c1C(N)=O. The first-order chi connectivity index (χ1) is 15.1. The summed E-state index contributed by atoms with van der Waals surface area (Å²) in [6, 6.07) is 3.13. The summed E-state index contributed by atoms with van der Waals surface area (Å²) in [6.45, 7) is 2.14. The number of anilines is 1. The van der Waals surface area contributed by atoms with Gasteiger partial charge in [-0.1, -0.05) is 0 Å². The van der Waals surface area contributed by atoms with E-state index in [0.717, 1.165) is 18.2 Å². The van der Waals surface area contributed by atoms with Gasteiger partial charge in [-0.25, -0.2) is 4.79 Å². The Balaban J connectivity index is 1.83. The normalized spacial score (nSPS) is 12.5. The van der Waals surface area contributed by atoms with Crippen LogP contribution in [0.2, 0.25) is 0 Å². The van der Waals surface area contributed by atoms with E-state index in [0.29, 0.717) is 4.90 Å². The van der Waals surface area contributed by atoms with Crippen molar-refractivity contribution in [1.29, 1.82) is 0 Å². The number of nitrogens with zero attached hydrogens (tertiary/aromatic N) is 2. The number of amides is 4. The maximum atomic E-state index is 12.5. The minimum absolute atomic E-state index is 0.0151. The van der Waals surface area contributed by atoms with Crippen molar-refractivity contribution in [1.82, 2.24) is 4.90 Å². The summed E-state index contributed by atoms with van der Waals surface area (Å²) in [7, 11) is 0. The van der Waals surface area contributed by atoms with Gasteiger partial charge in [-0.2, -0.15) is 0 Å². The molecule has 1 aliphatic heterocycles. The molecule has 0 aliphatic carbocycles. The van der Waals surface area contributed by atoms with Crippen LogP contribution in [-0.4, -0.2) is 52.6 Å². The molecule has 0 atom stereocenters. The predicted octanol–water partition coefficient (Wildman–Crippen LogP) is 1.01. The van der Waals surface area contributed by atoms with Crippen LogP contribution in [0, 0.1) is 17.0 Å². The highest BCUT2D eigenvalue weighted by atomic mass is 16.6. The van der Waals surface area contributed by atoms with E-state index in [9.17, 15) is 34.1 Å². The number of hydrogen-bond acceptors (Lipinski definition) is 9. The number of esters is 1. The van der Waals surface area contributed by atoms with E-state index in [2.05, 4.69) is 5.32 Å². The Morgan fingerprint density at radius 3 is 2.44 bits per heavy atom. The van der Waals surface area contributed by atoms with Crippen molar-refractivity contribution in [3.63, 3.8) is 0 Å². The van der Waals surface area contributed by atoms with Crippen LogP contribution in [0.1, 0.15) is 54.1 Å². The zero-order valence-electron chi connectivity index (χ0n) is 16.8. The van der Waals surface area contributed by atoms with Gasteiger partial charge in [0.1, 0.15) is 23.4 Å². The molecule has 0 spiro atoms. The number of benzene rings is 1. The third-order valence-electron chi connectivity index (χ3n) is 4.53. The Bertz CT molecular complexity index is 1200. The lowest BCUT2D eigenvalue weighted by Crippen LogP contribution is -2.37. The van der Waals surface area contributed by atoms with Crippen LogP contribution in [0.5, 0.6) is 0 Å². The second-order valence-corrected chi connectivity index (χ2v) is 6.55. The number of carbonyl (C=O) groups is 5. The number of non-ortho nitro benzene ring substituents is 1. The average molecular weight is 444 g/mol. The molecule has 13 nitrogen and oxygen atoms in total. The fourth-order valence-electron chi connectivity index (χ4n) is 3.16. The van der Waals surface area contributed by atoms with Crippen molar-refractivity contribution in [3.05, 3.63) is 56.3 Å². The molecule has 0 unspecified atom stereocenters. The first-order valence-corrected chi connectivity index (χ1v) is 9.11. The highest BCUT2D eigenvalue weighted by Crippen LogP contribution is 2.29. The van der Waals surface area contributed by atoms with Crippen LogP contribution in [0.3, 0.4) is 0 Å². The highest BCUT2D eigenvalue weighted by molar-refractivity contribution is 6.23. The third-order valence-corrected chi connectivity index (χ3v) is 4.53. The van der Waals surface area contributed by atoms with Gasteiger partial charge in [0.2, 0.25) is 11.8 Å². The molecule has 1 aromatic heterocycles. The van der Waals surface area contributed by atoms with Gasteiger partial charge in [0.05, 0.1) is 22.7 Å². The molecule has 0 saturated carbocycles. The molecule has 32 heavy (non-hydrogen) atoms. The molecule has 2 heterocycles. The fraction of sp³-hybridized carbons (Fsp3) is 0.211. The number of rotatable bonds is 7. The van der Waals surface area contributed by atoms with E-state index in [4.69, 9.17) is 14.9 Å². The lowest BCUT2D eigenvalue weighted by Gasteiger charge is -2.13. The Hall–Kier alpha value is -4.55. The van der Waals surface area contributed by atoms with E-state index in [1.54, 1.807) is 6.92 Å². The molecule has 3 rings (SSSR count). The molecule has 4 amide bonds. The van der Waals surface area contributed by atoms with Crippen molar-refractivity contribution in [2.45, 2.75) is 13.8 Å². The van der Waals surface area contributed by atoms with Crippen molar-refractivity contribution < 1.29 is 38.1 Å². The molecule has 1 aliphatic rings. The van der Waals surface area contributed by atoms with E-state index in [-0.39, 0.29) is 34.7 Å². The highest BCUT2D eigenvalue weighted by Gasteiger charge is 2.38. The van der Waals surface area contributed by atoms with Gasteiger partial charge in [-0.15, -0.1) is 0 Å². The molecule has 166 valence electrons. The number of hydrogen-bond donors (Lipinski definition) is 2. The molecule has 13 heteroatoms. The summed E-state index contributed by atoms with van der Waals surface area (Å²) >= 11 is 0. The molecular weight excluding hydrogens is 428 g/mol. The van der Waals surface area contributed by atoms with Gasteiger partial charge >= 0.3 is 5.97 Å². The van der Waals surface area contributed by atoms with Gasteiger partial charge < -0.3 is 14.9 Å². The number of primary amides is 1. The molecule has 1 aromatic carbocycles. The van der Waals surface area contributed by atoms with Crippen molar-refractivity contribution in [2.75, 3.05) is 18.5 Å². The van der Waals surface area contributed by atoms with Gasteiger partial charge in [0.25, 0.3) is 23.4 Å². The van der Waals surface area contributed by atoms with Crippen LogP contribution in [-0.2, 0) is 9.53 Å². The Morgan fingerprint density at radius 1 is 1.19 bits per heavy atom. The summed E-state index contributed by atoms with van der Waals surface area (Å²) in [5.41, 5.74) is 3.93. The average Bonchev–Trinajstić information content (AvgIpc) is 3.17. The molecule has 0 saturated heterocycles. The Kier molecular flexibility index (Phi) is 5.74. The first-order valence-electron chi connectivity index (χ1n) is 9.11. The summed E-state index contributed by atoms with van der Waals surface area (Å²) < 4.78 is 10.1.